The number of carbonyl (C=O) groups is 2. The van der Waals surface area contributed by atoms with Crippen LogP contribution in [-0.4, -0.2) is 88.8 Å². The normalized spacial score (nSPS) is 25.7. The summed E-state index contributed by atoms with van der Waals surface area (Å²) in [6, 6.07) is 0. The van der Waals surface area contributed by atoms with Crippen LogP contribution in [0.15, 0.2) is 24.3 Å². The number of rotatable bonds is 26. The van der Waals surface area contributed by atoms with E-state index in [-0.39, 0.29) is 62.5 Å². The summed E-state index contributed by atoms with van der Waals surface area (Å²) in [5.41, 5.74) is 0. The van der Waals surface area contributed by atoms with Crippen molar-refractivity contribution in [3.05, 3.63) is 24.3 Å². The van der Waals surface area contributed by atoms with Crippen LogP contribution in [0.4, 0.5) is 0 Å². The van der Waals surface area contributed by atoms with Crippen LogP contribution in [-0.2, 0) is 36.8 Å². The number of hydrogen-bond acceptors (Lipinski definition) is 8. The van der Waals surface area contributed by atoms with Crippen molar-refractivity contribution in [1.29, 1.82) is 0 Å². The van der Waals surface area contributed by atoms with Gasteiger partial charge in [-0.3, -0.25) is 9.59 Å². The summed E-state index contributed by atoms with van der Waals surface area (Å²) < 4.78 is 39.5. The molecule has 0 spiro atoms. The number of ketones is 2. The molecule has 0 aliphatic heterocycles. The molecule has 0 amide bonds. The van der Waals surface area contributed by atoms with Gasteiger partial charge in [-0.25, -0.2) is 0 Å². The molecule has 0 aromatic rings. The third-order valence-electron chi connectivity index (χ3n) is 20.7. The first-order chi connectivity index (χ1) is 35.4. The van der Waals surface area contributed by atoms with Gasteiger partial charge in [0, 0.05) is 43.5 Å². The number of hydrogen-bond donors (Lipinski definition) is 0. The van der Waals surface area contributed by atoms with Crippen LogP contribution >= 0.6 is 0 Å². The zero-order valence-corrected chi connectivity index (χ0v) is 58.8. The van der Waals surface area contributed by atoms with E-state index in [9.17, 15) is 9.59 Å². The Kier molecular flexibility index (Phi) is 27.8. The molecule has 0 heterocycles. The summed E-state index contributed by atoms with van der Waals surface area (Å²) in [6.07, 6.45) is 30.3. The molecule has 4 saturated carbocycles. The van der Waals surface area contributed by atoms with E-state index in [1.54, 1.807) is 0 Å². The van der Waals surface area contributed by atoms with E-state index in [4.69, 9.17) is 27.2 Å². The lowest BCUT2D eigenvalue weighted by Gasteiger charge is -2.43. The second-order valence-corrected chi connectivity index (χ2v) is 49.7. The first kappa shape index (κ1) is 70.7. The minimum absolute atomic E-state index is 0.00482. The van der Waals surface area contributed by atoms with Gasteiger partial charge in [-0.1, -0.05) is 153 Å². The minimum atomic E-state index is -2.02. The Labute approximate surface area is 481 Å². The van der Waals surface area contributed by atoms with Crippen LogP contribution in [0.1, 0.15) is 226 Å². The van der Waals surface area contributed by atoms with Crippen molar-refractivity contribution in [2.45, 2.75) is 329 Å². The topological polar surface area (TPSA) is 89.5 Å². The second-order valence-electron chi connectivity index (χ2n) is 30.7. The molecule has 0 radical (unpaired) electrons. The summed E-state index contributed by atoms with van der Waals surface area (Å²) in [5, 5.41) is 0.664. The van der Waals surface area contributed by atoms with E-state index in [2.05, 4.69) is 161 Å². The SMILES string of the molecule is CC/C=C\C[C@H]1C(=O)C[C@@H](O[Si](C)(C)C(C)(C)C)[C@@H]1CC[C@@H](O[Si](C)(C)C(C)(C)C)C1CCCCC1.CCOC(C)OC/C=C\C[C@H]1C(=O)C[C@@H](O[Si](C)(C)C(C)(C)C)[C@@H]1CC[C@@H](O[Si](C)(C)C(C)(C)C)C1CCCCC1. The highest BCUT2D eigenvalue weighted by Crippen LogP contribution is 2.48. The molecule has 4 rings (SSSR count). The number of allylic oxidation sites excluding steroid dienone is 3. The number of carbonyl (C=O) groups excluding carboxylic acids is 2. The average molecular weight is 1150 g/mol. The lowest BCUT2D eigenvalue weighted by molar-refractivity contribution is -0.122. The second kappa shape index (κ2) is 30.3. The molecule has 0 saturated heterocycles. The van der Waals surface area contributed by atoms with Crippen LogP contribution < -0.4 is 0 Å². The number of ether oxygens (including phenoxy) is 2. The monoisotopic (exact) mass is 1150 g/mol. The van der Waals surface area contributed by atoms with Crippen LogP contribution in [0.5, 0.6) is 0 Å². The maximum absolute atomic E-state index is 13.5. The average Bonchev–Trinajstić information content (AvgIpc) is 3.76. The Morgan fingerprint density at radius 2 is 0.844 bits per heavy atom. The van der Waals surface area contributed by atoms with Gasteiger partial charge in [0.2, 0.25) is 0 Å². The standard InChI is InChI=1S/C34H66O5Si2.C31H60O3Si2/c1-13-36-26(2)37-24-18-17-21-28-29(32(25-30(28)35)39-41(11,12)34(6,7)8)22-23-31(27-19-15-14-16-20-27)38-40(9,10)33(3,4)5;1-12-13-15-20-25-26(29(23-27(25)32)34-36(10,11)31(5,6)7)21-22-28(24-18-16-14-17-19-24)33-35(8,9)30(2,3)4/h17-18,26-29,31-32H,13-16,19-25H2,1-12H3;13,15,24-26,28-29H,12,14,16-23H2,1-11H3/b18-17-;15-13-/t26?,28-,29-,31-,32-;25-,26-,28-,29-/m11/s1. The van der Waals surface area contributed by atoms with Gasteiger partial charge in [0.25, 0.3) is 0 Å². The number of Topliss-reactive ketones (excluding diaryl/α,β-unsaturated/α-hetero) is 2. The molecule has 0 aromatic heterocycles. The van der Waals surface area contributed by atoms with Crippen molar-refractivity contribution in [2.75, 3.05) is 13.2 Å². The van der Waals surface area contributed by atoms with Gasteiger partial charge in [0.05, 0.1) is 18.8 Å². The van der Waals surface area contributed by atoms with Gasteiger partial charge >= 0.3 is 0 Å². The molecule has 12 heteroatoms. The molecule has 0 bridgehead atoms. The molecule has 4 aliphatic rings. The maximum atomic E-state index is 13.5. The summed E-state index contributed by atoms with van der Waals surface area (Å²) in [5.74, 6) is 2.74. The van der Waals surface area contributed by atoms with E-state index in [1.807, 2.05) is 19.9 Å². The van der Waals surface area contributed by atoms with E-state index in [0.29, 0.717) is 61.5 Å². The molecule has 0 aromatic carbocycles. The van der Waals surface area contributed by atoms with Crippen molar-refractivity contribution in [1.82, 2.24) is 0 Å². The Bertz CT molecular complexity index is 1800. The molecule has 9 atom stereocenters. The molecule has 1 unspecified atom stereocenters. The van der Waals surface area contributed by atoms with Crippen LogP contribution in [0.2, 0.25) is 72.5 Å². The van der Waals surface area contributed by atoms with Crippen LogP contribution in [0, 0.1) is 35.5 Å². The Morgan fingerprint density at radius 3 is 1.17 bits per heavy atom. The van der Waals surface area contributed by atoms with Gasteiger partial charge in [-0.05, 0) is 181 Å². The summed E-state index contributed by atoms with van der Waals surface area (Å²) in [7, 11) is -7.75. The predicted octanol–water partition coefficient (Wildman–Crippen LogP) is 19.4. The van der Waals surface area contributed by atoms with Crippen LogP contribution in [0.25, 0.3) is 0 Å². The maximum Gasteiger partial charge on any atom is 0.192 e. The zero-order valence-electron chi connectivity index (χ0n) is 54.8. The fraction of sp³-hybridized carbons (Fsp3) is 0.908. The first-order valence-corrected chi connectivity index (χ1v) is 43.3. The van der Waals surface area contributed by atoms with Crippen molar-refractivity contribution >= 4 is 44.8 Å². The summed E-state index contributed by atoms with van der Waals surface area (Å²) in [6.45, 7) is 54.0. The highest BCUT2D eigenvalue weighted by atomic mass is 28.4. The van der Waals surface area contributed by atoms with Gasteiger partial charge in [0.15, 0.2) is 39.6 Å². The smallest absolute Gasteiger partial charge is 0.192 e. The molecule has 0 N–H and O–H groups in total. The Hall–Kier alpha value is -0.552. The third kappa shape index (κ3) is 21.5. The highest BCUT2D eigenvalue weighted by Gasteiger charge is 2.50. The lowest BCUT2D eigenvalue weighted by Crippen LogP contribution is -2.47. The first-order valence-electron chi connectivity index (χ1n) is 31.7. The molecule has 450 valence electrons. The molecule has 8 nitrogen and oxygen atoms in total. The van der Waals surface area contributed by atoms with E-state index < -0.39 is 33.3 Å². The molecular formula is C65H126O8Si4. The van der Waals surface area contributed by atoms with Crippen molar-refractivity contribution in [2.24, 2.45) is 35.5 Å². The largest absolute Gasteiger partial charge is 0.414 e. The van der Waals surface area contributed by atoms with Gasteiger partial charge in [-0.15, -0.1) is 0 Å². The predicted molar refractivity (Wildman–Crippen MR) is 338 cm³/mol. The molecule has 4 aliphatic carbocycles. The molecule has 4 fully saturated rings. The summed E-state index contributed by atoms with van der Waals surface area (Å²) >= 11 is 0. The molecular weight excluding hydrogens is 1020 g/mol. The Balaban J connectivity index is 0.000000409. The van der Waals surface area contributed by atoms with Crippen LogP contribution in [0.3, 0.4) is 0 Å². The van der Waals surface area contributed by atoms with Crippen molar-refractivity contribution < 1.29 is 36.8 Å². The Morgan fingerprint density at radius 1 is 0.494 bits per heavy atom. The summed E-state index contributed by atoms with van der Waals surface area (Å²) in [4.78, 5) is 26.8. The fourth-order valence-electron chi connectivity index (χ4n) is 11.6. The van der Waals surface area contributed by atoms with Gasteiger partial charge in [0.1, 0.15) is 11.6 Å². The zero-order chi connectivity index (χ0) is 58.4. The van der Waals surface area contributed by atoms with E-state index in [1.165, 1.54) is 64.2 Å². The van der Waals surface area contributed by atoms with E-state index in [0.717, 1.165) is 44.9 Å². The molecule has 77 heavy (non-hydrogen) atoms. The third-order valence-corrected chi connectivity index (χ3v) is 38.7. The quantitative estimate of drug-likeness (QED) is 0.0481. The van der Waals surface area contributed by atoms with Gasteiger partial charge in [-0.2, -0.15) is 0 Å². The minimum Gasteiger partial charge on any atom is -0.414 e. The lowest BCUT2D eigenvalue weighted by atomic mass is 9.81. The highest BCUT2D eigenvalue weighted by molar-refractivity contribution is 6.75. The van der Waals surface area contributed by atoms with Gasteiger partial charge < -0.3 is 27.2 Å². The van der Waals surface area contributed by atoms with E-state index >= 15 is 0 Å². The van der Waals surface area contributed by atoms with Crippen molar-refractivity contribution in [3.8, 4) is 0 Å². The fourth-order valence-corrected chi connectivity index (χ4v) is 17.1. The van der Waals surface area contributed by atoms with Crippen molar-refractivity contribution in [3.63, 3.8) is 0 Å².